The highest BCUT2D eigenvalue weighted by atomic mass is 16.2. The summed E-state index contributed by atoms with van der Waals surface area (Å²) >= 11 is 0. The first-order valence-electron chi connectivity index (χ1n) is 5.98. The van der Waals surface area contributed by atoms with E-state index in [1.54, 1.807) is 12.1 Å². The third-order valence-corrected chi connectivity index (χ3v) is 3.12. The maximum atomic E-state index is 12.4. The molecule has 2 N–H and O–H groups in total. The van der Waals surface area contributed by atoms with Gasteiger partial charge in [0, 0.05) is 5.56 Å². The van der Waals surface area contributed by atoms with Crippen LogP contribution in [0.5, 0.6) is 0 Å². The summed E-state index contributed by atoms with van der Waals surface area (Å²) in [5.74, 6) is -0.291. The summed E-state index contributed by atoms with van der Waals surface area (Å²) in [6.45, 7) is 0. The molecule has 1 aromatic heterocycles. The molecule has 0 unspecified atom stereocenters. The number of carbonyl (C=O) groups is 1. The first-order chi connectivity index (χ1) is 9.70. The predicted molar refractivity (Wildman–Crippen MR) is 75.0 cm³/mol. The molecule has 0 atom stereocenters. The van der Waals surface area contributed by atoms with Crippen molar-refractivity contribution in [3.05, 3.63) is 59.8 Å². The van der Waals surface area contributed by atoms with Gasteiger partial charge in [-0.15, -0.1) is 0 Å². The number of nitriles is 1. The molecule has 5 heteroatoms. The Bertz CT molecular complexity index is 858. The minimum Gasteiger partial charge on any atom is -0.382 e. The number of nitrogen functional groups attached to an aromatic ring is 1. The number of hydrogen-bond acceptors (Lipinski definition) is 4. The van der Waals surface area contributed by atoms with Gasteiger partial charge in [-0.25, -0.2) is 0 Å². The maximum Gasteiger partial charge on any atom is 0.280 e. The Morgan fingerprint density at radius 2 is 1.95 bits per heavy atom. The average molecular weight is 262 g/mol. The van der Waals surface area contributed by atoms with Gasteiger partial charge in [-0.1, -0.05) is 30.3 Å². The van der Waals surface area contributed by atoms with Crippen LogP contribution >= 0.6 is 0 Å². The summed E-state index contributed by atoms with van der Waals surface area (Å²) < 4.78 is 1.04. The van der Waals surface area contributed by atoms with E-state index in [0.717, 1.165) is 15.5 Å². The van der Waals surface area contributed by atoms with Gasteiger partial charge in [0.05, 0.1) is 6.20 Å². The van der Waals surface area contributed by atoms with Crippen molar-refractivity contribution >= 4 is 22.5 Å². The van der Waals surface area contributed by atoms with Crippen molar-refractivity contribution in [2.24, 2.45) is 0 Å². The molecule has 3 aromatic rings. The van der Waals surface area contributed by atoms with Gasteiger partial charge >= 0.3 is 0 Å². The number of rotatable bonds is 1. The third kappa shape index (κ3) is 1.80. The van der Waals surface area contributed by atoms with E-state index >= 15 is 0 Å². The second-order valence-corrected chi connectivity index (χ2v) is 4.33. The van der Waals surface area contributed by atoms with Crippen LogP contribution < -0.4 is 5.73 Å². The highest BCUT2D eigenvalue weighted by Gasteiger charge is 2.15. The molecule has 0 saturated heterocycles. The van der Waals surface area contributed by atoms with Crippen molar-refractivity contribution in [3.8, 4) is 6.07 Å². The molecule has 20 heavy (non-hydrogen) atoms. The fourth-order valence-corrected chi connectivity index (χ4v) is 2.05. The number of aromatic nitrogens is 2. The first-order valence-corrected chi connectivity index (χ1v) is 5.98. The topological polar surface area (TPSA) is 84.7 Å². The van der Waals surface area contributed by atoms with Crippen LogP contribution in [0.15, 0.2) is 48.7 Å². The number of hydrogen-bond donors (Lipinski definition) is 1. The van der Waals surface area contributed by atoms with Gasteiger partial charge in [-0.05, 0) is 22.9 Å². The number of carbonyl (C=O) groups excluding carboxylic acids is 1. The summed E-state index contributed by atoms with van der Waals surface area (Å²) in [5, 5.41) is 14.7. The van der Waals surface area contributed by atoms with Crippen LogP contribution in [0, 0.1) is 11.3 Å². The van der Waals surface area contributed by atoms with E-state index in [4.69, 9.17) is 11.0 Å². The first kappa shape index (κ1) is 11.9. The molecule has 0 bridgehead atoms. The molecule has 1 heterocycles. The molecular formula is C15H10N4O. The Kier molecular flexibility index (Phi) is 2.70. The highest BCUT2D eigenvalue weighted by Crippen LogP contribution is 2.18. The van der Waals surface area contributed by atoms with Crippen LogP contribution in [0.1, 0.15) is 15.9 Å². The van der Waals surface area contributed by atoms with E-state index in [-0.39, 0.29) is 17.3 Å². The van der Waals surface area contributed by atoms with Gasteiger partial charge in [0.15, 0.2) is 0 Å². The molecule has 2 aromatic carbocycles. The van der Waals surface area contributed by atoms with E-state index in [2.05, 4.69) is 5.10 Å². The van der Waals surface area contributed by atoms with Crippen LogP contribution in [0.25, 0.3) is 10.8 Å². The summed E-state index contributed by atoms with van der Waals surface area (Å²) in [6.07, 6.45) is 1.29. The van der Waals surface area contributed by atoms with Gasteiger partial charge in [0.1, 0.15) is 17.5 Å². The van der Waals surface area contributed by atoms with Gasteiger partial charge in [-0.2, -0.15) is 15.0 Å². The van der Waals surface area contributed by atoms with Crippen molar-refractivity contribution in [1.29, 1.82) is 5.26 Å². The summed E-state index contributed by atoms with van der Waals surface area (Å²) in [7, 11) is 0. The Hall–Kier alpha value is -3.13. The lowest BCUT2D eigenvalue weighted by Gasteiger charge is -2.04. The second kappa shape index (κ2) is 4.52. The Morgan fingerprint density at radius 1 is 1.20 bits per heavy atom. The Labute approximate surface area is 114 Å². The third-order valence-electron chi connectivity index (χ3n) is 3.12. The molecule has 3 rings (SSSR count). The number of nitrogens with two attached hydrogens (primary N) is 1. The normalized spacial score (nSPS) is 10.3. The zero-order valence-electron chi connectivity index (χ0n) is 10.4. The van der Waals surface area contributed by atoms with Gasteiger partial charge in [0.25, 0.3) is 5.91 Å². The lowest BCUT2D eigenvalue weighted by molar-refractivity contribution is 0.0948. The lowest BCUT2D eigenvalue weighted by atomic mass is 10.1. The van der Waals surface area contributed by atoms with Crippen LogP contribution in [-0.4, -0.2) is 15.7 Å². The number of benzene rings is 2. The lowest BCUT2D eigenvalue weighted by Crippen LogP contribution is -2.16. The van der Waals surface area contributed by atoms with Gasteiger partial charge in [0.2, 0.25) is 0 Å². The molecule has 0 radical (unpaired) electrons. The fourth-order valence-electron chi connectivity index (χ4n) is 2.05. The monoisotopic (exact) mass is 262 g/mol. The minimum absolute atomic E-state index is 0.0608. The van der Waals surface area contributed by atoms with Crippen molar-refractivity contribution in [3.63, 3.8) is 0 Å². The van der Waals surface area contributed by atoms with Crippen molar-refractivity contribution in [2.75, 3.05) is 5.73 Å². The number of fused-ring (bicyclic) bond motifs is 1. The van der Waals surface area contributed by atoms with Crippen LogP contribution in [0.3, 0.4) is 0 Å². The van der Waals surface area contributed by atoms with E-state index in [9.17, 15) is 4.79 Å². The molecule has 0 aliphatic heterocycles. The number of nitrogens with zero attached hydrogens (tertiary/aromatic N) is 3. The fraction of sp³-hybridized carbons (Fsp3) is 0. The summed E-state index contributed by atoms with van der Waals surface area (Å²) in [6, 6.07) is 15.0. The average Bonchev–Trinajstić information content (AvgIpc) is 2.87. The molecule has 0 amide bonds. The zero-order chi connectivity index (χ0) is 14.1. The van der Waals surface area contributed by atoms with Gasteiger partial charge < -0.3 is 5.73 Å². The van der Waals surface area contributed by atoms with E-state index < -0.39 is 0 Å². The molecule has 0 aliphatic carbocycles. The zero-order valence-corrected chi connectivity index (χ0v) is 10.4. The molecule has 0 spiro atoms. The largest absolute Gasteiger partial charge is 0.382 e. The SMILES string of the molecule is N#Cc1cnn(C(=O)c2ccc3ccccc3c2)c1N. The molecule has 96 valence electrons. The van der Waals surface area contributed by atoms with E-state index in [1.165, 1.54) is 6.20 Å². The van der Waals surface area contributed by atoms with Crippen molar-refractivity contribution < 1.29 is 4.79 Å². The molecule has 0 aliphatic rings. The smallest absolute Gasteiger partial charge is 0.280 e. The highest BCUT2D eigenvalue weighted by molar-refractivity contribution is 6.00. The summed E-state index contributed by atoms with van der Waals surface area (Å²) in [5.41, 5.74) is 6.39. The summed E-state index contributed by atoms with van der Waals surface area (Å²) in [4.78, 5) is 12.4. The predicted octanol–water partition coefficient (Wildman–Crippen LogP) is 2.18. The molecule has 0 fully saturated rings. The van der Waals surface area contributed by atoms with E-state index in [0.29, 0.717) is 5.56 Å². The molecule has 0 saturated carbocycles. The standard InChI is InChI=1S/C15H10N4O/c16-8-13-9-18-19(14(13)17)15(20)12-6-5-10-3-1-2-4-11(10)7-12/h1-7,9H,17H2. The van der Waals surface area contributed by atoms with Crippen LogP contribution in [-0.2, 0) is 0 Å². The van der Waals surface area contributed by atoms with Crippen molar-refractivity contribution in [1.82, 2.24) is 9.78 Å². The number of anilines is 1. The second-order valence-electron chi connectivity index (χ2n) is 4.33. The maximum absolute atomic E-state index is 12.4. The Morgan fingerprint density at radius 3 is 2.65 bits per heavy atom. The molecular weight excluding hydrogens is 252 g/mol. The quantitative estimate of drug-likeness (QED) is 0.728. The Balaban J connectivity index is 2.08. The van der Waals surface area contributed by atoms with Gasteiger partial charge in [-0.3, -0.25) is 4.79 Å². The van der Waals surface area contributed by atoms with Crippen LogP contribution in [0.2, 0.25) is 0 Å². The minimum atomic E-state index is -0.352. The van der Waals surface area contributed by atoms with Crippen LogP contribution in [0.4, 0.5) is 5.82 Å². The molecule has 5 nitrogen and oxygen atoms in total. The van der Waals surface area contributed by atoms with Crippen molar-refractivity contribution in [2.45, 2.75) is 0 Å². The van der Waals surface area contributed by atoms with E-state index in [1.807, 2.05) is 36.4 Å².